The minimum absolute atomic E-state index is 0.149. The Morgan fingerprint density at radius 2 is 1.88 bits per heavy atom. The average molecular weight is 298 g/mol. The smallest absolute Gasteiger partial charge is 0.359 e. The average Bonchev–Trinajstić information content (AvgIpc) is 2.25. The molecule has 0 aromatic carbocycles. The van der Waals surface area contributed by atoms with Gasteiger partial charge < -0.3 is 19.4 Å². The molecule has 0 amide bonds. The fourth-order valence-electron chi connectivity index (χ4n) is 1.15. The van der Waals surface area contributed by atoms with Crippen LogP contribution >= 0.6 is 15.9 Å². The van der Waals surface area contributed by atoms with Gasteiger partial charge in [0, 0.05) is 13.2 Å². The van der Waals surface area contributed by atoms with E-state index in [1.807, 2.05) is 0 Å². The molecule has 6 nitrogen and oxygen atoms in total. The van der Waals surface area contributed by atoms with Gasteiger partial charge in [0.25, 0.3) is 0 Å². The Bertz CT molecular complexity index is 250. The van der Waals surface area contributed by atoms with E-state index in [-0.39, 0.29) is 11.0 Å². The largest absolute Gasteiger partial charge is 0.477 e. The summed E-state index contributed by atoms with van der Waals surface area (Å²) in [5, 5.41) is 12.6. The summed E-state index contributed by atoms with van der Waals surface area (Å²) in [5.74, 6) is -2.67. The molecule has 94 valence electrons. The second kappa shape index (κ2) is 7.59. The lowest BCUT2D eigenvalue weighted by atomic mass is 10.2. The Kier molecular flexibility index (Phi) is 7.27. The minimum atomic E-state index is -1.43. The van der Waals surface area contributed by atoms with E-state index in [9.17, 15) is 4.79 Å². The molecule has 0 spiro atoms. The van der Waals surface area contributed by atoms with Crippen molar-refractivity contribution < 1.29 is 24.2 Å². The number of nitrogens with zero attached hydrogens (tertiary/aromatic N) is 1. The quantitative estimate of drug-likeness (QED) is 0.316. The van der Waals surface area contributed by atoms with Gasteiger partial charge in [-0.05, 0) is 13.8 Å². The molecule has 0 heterocycles. The fraction of sp³-hybridized carbons (Fsp3) is 0.778. The molecule has 16 heavy (non-hydrogen) atoms. The number of oxime groups is 1. The molecular formula is C9H16BrNO5. The number of aliphatic carboxylic acids is 1. The van der Waals surface area contributed by atoms with E-state index in [0.717, 1.165) is 0 Å². The molecule has 0 saturated heterocycles. The topological polar surface area (TPSA) is 77.3 Å². The summed E-state index contributed by atoms with van der Waals surface area (Å²) in [6.07, 6.45) is 0. The van der Waals surface area contributed by atoms with Crippen LogP contribution in [0.3, 0.4) is 0 Å². The van der Waals surface area contributed by atoms with Crippen molar-refractivity contribution in [2.75, 3.05) is 25.7 Å². The summed E-state index contributed by atoms with van der Waals surface area (Å²) >= 11 is 3.16. The highest BCUT2D eigenvalue weighted by molar-refractivity contribution is 9.09. The third-order valence-electron chi connectivity index (χ3n) is 1.68. The predicted octanol–water partition coefficient (Wildman–Crippen LogP) is 1.24. The summed E-state index contributed by atoms with van der Waals surface area (Å²) in [6.45, 7) is 4.06. The van der Waals surface area contributed by atoms with Crippen molar-refractivity contribution in [2.45, 2.75) is 19.6 Å². The van der Waals surface area contributed by atoms with E-state index >= 15 is 0 Å². The van der Waals surface area contributed by atoms with Crippen LogP contribution in [0.15, 0.2) is 5.16 Å². The molecule has 0 aliphatic heterocycles. The van der Waals surface area contributed by atoms with E-state index in [0.29, 0.717) is 13.2 Å². The SMILES string of the molecule is CCOC(CBr)(OCC)/C(=N/OC)C(=O)O. The highest BCUT2D eigenvalue weighted by atomic mass is 79.9. The van der Waals surface area contributed by atoms with Gasteiger partial charge in [-0.25, -0.2) is 4.79 Å². The van der Waals surface area contributed by atoms with Crippen molar-refractivity contribution in [2.24, 2.45) is 5.16 Å². The van der Waals surface area contributed by atoms with Gasteiger partial charge in [-0.1, -0.05) is 21.1 Å². The molecule has 0 radical (unpaired) electrons. The van der Waals surface area contributed by atoms with Gasteiger partial charge in [0.15, 0.2) is 0 Å². The molecule has 0 saturated carbocycles. The third-order valence-corrected chi connectivity index (χ3v) is 2.42. The van der Waals surface area contributed by atoms with Crippen molar-refractivity contribution in [3.8, 4) is 0 Å². The van der Waals surface area contributed by atoms with Crippen molar-refractivity contribution >= 4 is 27.6 Å². The van der Waals surface area contributed by atoms with E-state index in [4.69, 9.17) is 14.6 Å². The monoisotopic (exact) mass is 297 g/mol. The molecule has 0 rings (SSSR count). The number of rotatable bonds is 8. The lowest BCUT2D eigenvalue weighted by Crippen LogP contribution is -2.50. The van der Waals surface area contributed by atoms with Gasteiger partial charge in [-0.15, -0.1) is 0 Å². The summed E-state index contributed by atoms with van der Waals surface area (Å²) in [6, 6.07) is 0. The van der Waals surface area contributed by atoms with E-state index < -0.39 is 11.8 Å². The zero-order valence-corrected chi connectivity index (χ0v) is 11.1. The van der Waals surface area contributed by atoms with Crippen LogP contribution in [0.1, 0.15) is 13.8 Å². The Morgan fingerprint density at radius 3 is 2.12 bits per heavy atom. The van der Waals surface area contributed by atoms with E-state index in [1.54, 1.807) is 13.8 Å². The number of halogens is 1. The number of ether oxygens (including phenoxy) is 2. The first-order valence-electron chi connectivity index (χ1n) is 4.76. The summed E-state index contributed by atoms with van der Waals surface area (Å²) < 4.78 is 10.7. The Hall–Kier alpha value is -0.660. The van der Waals surface area contributed by atoms with Gasteiger partial charge in [-0.3, -0.25) is 0 Å². The lowest BCUT2D eigenvalue weighted by Gasteiger charge is -2.29. The van der Waals surface area contributed by atoms with Crippen molar-refractivity contribution in [1.82, 2.24) is 0 Å². The maximum absolute atomic E-state index is 11.1. The number of alkyl halides is 1. The molecule has 0 unspecified atom stereocenters. The van der Waals surface area contributed by atoms with Crippen LogP contribution in [-0.4, -0.2) is 48.2 Å². The first-order chi connectivity index (χ1) is 7.57. The Morgan fingerprint density at radius 1 is 1.38 bits per heavy atom. The summed E-state index contributed by atoms with van der Waals surface area (Å²) in [5.41, 5.74) is -0.324. The molecule has 0 atom stereocenters. The lowest BCUT2D eigenvalue weighted by molar-refractivity contribution is -0.173. The predicted molar refractivity (Wildman–Crippen MR) is 61.9 cm³/mol. The van der Waals surface area contributed by atoms with E-state index in [2.05, 4.69) is 25.9 Å². The molecular weight excluding hydrogens is 282 g/mol. The number of hydrogen-bond donors (Lipinski definition) is 1. The maximum Gasteiger partial charge on any atom is 0.359 e. The van der Waals surface area contributed by atoms with Gasteiger partial charge in [0.1, 0.15) is 7.11 Å². The van der Waals surface area contributed by atoms with Crippen LogP contribution in [0.2, 0.25) is 0 Å². The second-order valence-electron chi connectivity index (χ2n) is 2.68. The molecule has 0 aliphatic rings. The zero-order valence-electron chi connectivity index (χ0n) is 9.53. The Labute approximate surface area is 103 Å². The van der Waals surface area contributed by atoms with Crippen molar-refractivity contribution in [3.63, 3.8) is 0 Å². The van der Waals surface area contributed by atoms with Gasteiger partial charge in [0.2, 0.25) is 11.5 Å². The molecule has 7 heteroatoms. The molecule has 0 aromatic heterocycles. The first kappa shape index (κ1) is 15.3. The zero-order chi connectivity index (χ0) is 12.6. The van der Waals surface area contributed by atoms with E-state index in [1.165, 1.54) is 7.11 Å². The van der Waals surface area contributed by atoms with Crippen LogP contribution in [0.5, 0.6) is 0 Å². The number of carboxylic acid groups (broad SMARTS) is 1. The summed E-state index contributed by atoms with van der Waals surface area (Å²) in [4.78, 5) is 15.5. The highest BCUT2D eigenvalue weighted by Crippen LogP contribution is 2.20. The molecule has 1 N–H and O–H groups in total. The third kappa shape index (κ3) is 3.73. The van der Waals surface area contributed by atoms with Crippen LogP contribution in [0.25, 0.3) is 0 Å². The second-order valence-corrected chi connectivity index (χ2v) is 3.24. The Balaban J connectivity index is 5.23. The number of carbonyl (C=O) groups is 1. The number of hydrogen-bond acceptors (Lipinski definition) is 5. The van der Waals surface area contributed by atoms with Gasteiger partial charge >= 0.3 is 5.97 Å². The van der Waals surface area contributed by atoms with Crippen molar-refractivity contribution in [1.29, 1.82) is 0 Å². The highest BCUT2D eigenvalue weighted by Gasteiger charge is 2.42. The van der Waals surface area contributed by atoms with Gasteiger partial charge in [-0.2, -0.15) is 0 Å². The molecule has 0 bridgehead atoms. The minimum Gasteiger partial charge on any atom is -0.477 e. The molecule has 0 aliphatic carbocycles. The van der Waals surface area contributed by atoms with Crippen LogP contribution in [-0.2, 0) is 19.1 Å². The maximum atomic E-state index is 11.1. The van der Waals surface area contributed by atoms with Crippen molar-refractivity contribution in [3.05, 3.63) is 0 Å². The standard InChI is InChI=1S/C9H16BrNO5/c1-4-15-9(6-10,16-5-2)7(8(12)13)11-14-3/h4-6H2,1-3H3,(H,12,13)/b11-7+. The molecule has 0 fully saturated rings. The normalized spacial score (nSPS) is 12.6. The van der Waals surface area contributed by atoms with Crippen LogP contribution < -0.4 is 0 Å². The number of carboxylic acids is 1. The summed E-state index contributed by atoms with van der Waals surface area (Å²) in [7, 11) is 1.26. The fourth-order valence-corrected chi connectivity index (χ4v) is 1.74. The first-order valence-corrected chi connectivity index (χ1v) is 5.88. The molecule has 0 aromatic rings. The van der Waals surface area contributed by atoms with Crippen LogP contribution in [0, 0.1) is 0 Å². The van der Waals surface area contributed by atoms with Crippen LogP contribution in [0.4, 0.5) is 0 Å². The van der Waals surface area contributed by atoms with Gasteiger partial charge in [0.05, 0.1) is 5.33 Å².